The fourth-order valence-corrected chi connectivity index (χ4v) is 2.58. The highest BCUT2D eigenvalue weighted by atomic mass is 19.1. The Morgan fingerprint density at radius 2 is 2.32 bits per heavy atom. The van der Waals surface area contributed by atoms with Crippen molar-refractivity contribution in [3.8, 4) is 0 Å². The quantitative estimate of drug-likeness (QED) is 0.873. The van der Waals surface area contributed by atoms with Gasteiger partial charge in [0.2, 0.25) is 5.91 Å². The SMILES string of the molecule is CC(O)c1cc(F)ccc1N1CCCC(C(N)=O)C1. The minimum absolute atomic E-state index is 0.180. The van der Waals surface area contributed by atoms with E-state index in [2.05, 4.69) is 0 Å². The first kappa shape index (κ1) is 13.8. The van der Waals surface area contributed by atoms with E-state index in [0.717, 1.165) is 25.1 Å². The van der Waals surface area contributed by atoms with Gasteiger partial charge < -0.3 is 15.7 Å². The van der Waals surface area contributed by atoms with E-state index >= 15 is 0 Å². The monoisotopic (exact) mass is 266 g/mol. The predicted molar refractivity (Wildman–Crippen MR) is 71.2 cm³/mol. The van der Waals surface area contributed by atoms with Crippen LogP contribution in [0.3, 0.4) is 0 Å². The van der Waals surface area contributed by atoms with Crippen molar-refractivity contribution in [2.24, 2.45) is 11.7 Å². The van der Waals surface area contributed by atoms with Crippen LogP contribution >= 0.6 is 0 Å². The number of piperidine rings is 1. The second-order valence-electron chi connectivity index (χ2n) is 5.07. The number of nitrogens with two attached hydrogens (primary N) is 1. The van der Waals surface area contributed by atoms with Gasteiger partial charge in [0, 0.05) is 24.3 Å². The van der Waals surface area contributed by atoms with Gasteiger partial charge in [-0.05, 0) is 38.0 Å². The lowest BCUT2D eigenvalue weighted by atomic mass is 9.95. The number of amides is 1. The van der Waals surface area contributed by atoms with E-state index < -0.39 is 6.10 Å². The molecule has 19 heavy (non-hydrogen) atoms. The fraction of sp³-hybridized carbons (Fsp3) is 0.500. The molecule has 0 radical (unpaired) electrons. The maximum Gasteiger partial charge on any atom is 0.222 e. The minimum Gasteiger partial charge on any atom is -0.389 e. The zero-order valence-corrected chi connectivity index (χ0v) is 11.0. The third-order valence-electron chi connectivity index (χ3n) is 3.60. The van der Waals surface area contributed by atoms with Crippen LogP contribution in [-0.2, 0) is 4.79 Å². The molecule has 2 unspecified atom stereocenters. The number of benzene rings is 1. The lowest BCUT2D eigenvalue weighted by Gasteiger charge is -2.34. The van der Waals surface area contributed by atoms with Gasteiger partial charge in [0.05, 0.1) is 12.0 Å². The molecule has 1 saturated heterocycles. The normalized spacial score (nSPS) is 21.2. The highest BCUT2D eigenvalue weighted by Crippen LogP contribution is 2.30. The number of hydrogen-bond donors (Lipinski definition) is 2. The number of carbonyl (C=O) groups is 1. The molecule has 1 aliphatic rings. The van der Waals surface area contributed by atoms with Crippen molar-refractivity contribution in [3.63, 3.8) is 0 Å². The van der Waals surface area contributed by atoms with Crippen molar-refractivity contribution in [3.05, 3.63) is 29.6 Å². The molecule has 0 spiro atoms. The zero-order chi connectivity index (χ0) is 14.0. The topological polar surface area (TPSA) is 66.6 Å². The molecule has 1 heterocycles. The average Bonchev–Trinajstić information content (AvgIpc) is 2.38. The first-order chi connectivity index (χ1) is 8.99. The van der Waals surface area contributed by atoms with E-state index in [1.165, 1.54) is 12.1 Å². The summed E-state index contributed by atoms with van der Waals surface area (Å²) < 4.78 is 13.3. The standard InChI is InChI=1S/C14H19FN2O2/c1-9(18)12-7-11(15)4-5-13(12)17-6-2-3-10(8-17)14(16)19/h4-5,7,9-10,18H,2-3,6,8H2,1H3,(H2,16,19). The number of nitrogens with zero attached hydrogens (tertiary/aromatic N) is 1. The van der Waals surface area contributed by atoms with E-state index in [0.29, 0.717) is 12.1 Å². The van der Waals surface area contributed by atoms with E-state index in [9.17, 15) is 14.3 Å². The molecule has 2 rings (SSSR count). The van der Waals surface area contributed by atoms with Gasteiger partial charge in [-0.1, -0.05) is 0 Å². The van der Waals surface area contributed by atoms with Gasteiger partial charge in [-0.2, -0.15) is 0 Å². The molecular weight excluding hydrogens is 247 g/mol. The van der Waals surface area contributed by atoms with Crippen molar-refractivity contribution in [2.45, 2.75) is 25.9 Å². The number of carbonyl (C=O) groups excluding carboxylic acids is 1. The lowest BCUT2D eigenvalue weighted by Crippen LogP contribution is -2.41. The Hall–Kier alpha value is -1.62. The summed E-state index contributed by atoms with van der Waals surface area (Å²) in [5, 5.41) is 9.75. The van der Waals surface area contributed by atoms with Gasteiger partial charge in [0.1, 0.15) is 5.82 Å². The maximum atomic E-state index is 13.3. The molecule has 2 atom stereocenters. The number of aliphatic hydroxyl groups is 1. The third kappa shape index (κ3) is 3.04. The number of aliphatic hydroxyl groups excluding tert-OH is 1. The van der Waals surface area contributed by atoms with Crippen LogP contribution in [-0.4, -0.2) is 24.1 Å². The predicted octanol–water partition coefficient (Wildman–Crippen LogP) is 1.58. The Morgan fingerprint density at radius 3 is 2.95 bits per heavy atom. The fourth-order valence-electron chi connectivity index (χ4n) is 2.58. The second-order valence-corrected chi connectivity index (χ2v) is 5.07. The van der Waals surface area contributed by atoms with Gasteiger partial charge in [0.15, 0.2) is 0 Å². The molecule has 104 valence electrons. The number of anilines is 1. The molecule has 1 amide bonds. The number of halogens is 1. The van der Waals surface area contributed by atoms with Gasteiger partial charge in [0.25, 0.3) is 0 Å². The number of rotatable bonds is 3. The smallest absolute Gasteiger partial charge is 0.222 e. The van der Waals surface area contributed by atoms with Crippen LogP contribution < -0.4 is 10.6 Å². The summed E-state index contributed by atoms with van der Waals surface area (Å²) in [4.78, 5) is 13.3. The Morgan fingerprint density at radius 1 is 1.58 bits per heavy atom. The zero-order valence-electron chi connectivity index (χ0n) is 11.0. The molecule has 0 bridgehead atoms. The highest BCUT2D eigenvalue weighted by molar-refractivity contribution is 5.77. The van der Waals surface area contributed by atoms with E-state index in [-0.39, 0.29) is 17.6 Å². The van der Waals surface area contributed by atoms with Crippen LogP contribution in [0.5, 0.6) is 0 Å². The van der Waals surface area contributed by atoms with Crippen molar-refractivity contribution in [2.75, 3.05) is 18.0 Å². The Bertz CT molecular complexity index is 477. The van der Waals surface area contributed by atoms with Crippen molar-refractivity contribution >= 4 is 11.6 Å². The van der Waals surface area contributed by atoms with E-state index in [1.54, 1.807) is 13.0 Å². The van der Waals surface area contributed by atoms with Gasteiger partial charge >= 0.3 is 0 Å². The van der Waals surface area contributed by atoms with Crippen LogP contribution in [0.1, 0.15) is 31.4 Å². The van der Waals surface area contributed by atoms with E-state index in [1.807, 2.05) is 4.90 Å². The Labute approximate surface area is 112 Å². The molecule has 4 nitrogen and oxygen atoms in total. The molecule has 1 aromatic carbocycles. The lowest BCUT2D eigenvalue weighted by molar-refractivity contribution is -0.122. The molecule has 3 N–H and O–H groups in total. The summed E-state index contributed by atoms with van der Waals surface area (Å²) in [6.07, 6.45) is 0.904. The van der Waals surface area contributed by atoms with Crippen molar-refractivity contribution in [1.29, 1.82) is 0 Å². The van der Waals surface area contributed by atoms with Crippen LogP contribution in [0.25, 0.3) is 0 Å². The van der Waals surface area contributed by atoms with Gasteiger partial charge in [-0.3, -0.25) is 4.79 Å². The van der Waals surface area contributed by atoms with Crippen molar-refractivity contribution in [1.82, 2.24) is 0 Å². The molecule has 0 aliphatic carbocycles. The first-order valence-corrected chi connectivity index (χ1v) is 6.51. The maximum absolute atomic E-state index is 13.3. The Kier molecular flexibility index (Phi) is 4.04. The molecule has 0 aromatic heterocycles. The average molecular weight is 266 g/mol. The summed E-state index contributed by atoms with van der Waals surface area (Å²) in [5.41, 5.74) is 6.68. The number of primary amides is 1. The van der Waals surface area contributed by atoms with Crippen LogP contribution in [0.4, 0.5) is 10.1 Å². The highest BCUT2D eigenvalue weighted by Gasteiger charge is 2.26. The summed E-state index contributed by atoms with van der Waals surface area (Å²) in [7, 11) is 0. The van der Waals surface area contributed by atoms with Crippen molar-refractivity contribution < 1.29 is 14.3 Å². The van der Waals surface area contributed by atoms with Crippen LogP contribution in [0.15, 0.2) is 18.2 Å². The summed E-state index contributed by atoms with van der Waals surface area (Å²) in [5.74, 6) is -0.853. The molecular formula is C14H19FN2O2. The third-order valence-corrected chi connectivity index (χ3v) is 3.60. The summed E-state index contributed by atoms with van der Waals surface area (Å²) >= 11 is 0. The van der Waals surface area contributed by atoms with Crippen LogP contribution in [0, 0.1) is 11.7 Å². The summed E-state index contributed by atoms with van der Waals surface area (Å²) in [6, 6.07) is 4.36. The Balaban J connectivity index is 2.28. The molecule has 1 fully saturated rings. The molecule has 5 heteroatoms. The van der Waals surface area contributed by atoms with Gasteiger partial charge in [-0.25, -0.2) is 4.39 Å². The molecule has 0 saturated carbocycles. The molecule has 1 aliphatic heterocycles. The minimum atomic E-state index is -0.750. The molecule has 1 aromatic rings. The van der Waals surface area contributed by atoms with E-state index in [4.69, 9.17) is 5.73 Å². The van der Waals surface area contributed by atoms with Gasteiger partial charge in [-0.15, -0.1) is 0 Å². The number of hydrogen-bond acceptors (Lipinski definition) is 3. The first-order valence-electron chi connectivity index (χ1n) is 6.51. The largest absolute Gasteiger partial charge is 0.389 e. The second kappa shape index (κ2) is 5.57. The van der Waals surface area contributed by atoms with Crippen LogP contribution in [0.2, 0.25) is 0 Å². The summed E-state index contributed by atoms with van der Waals surface area (Å²) in [6.45, 7) is 2.92.